The Bertz CT molecular complexity index is 1220. The lowest BCUT2D eigenvalue weighted by Crippen LogP contribution is -2.04. The van der Waals surface area contributed by atoms with Gasteiger partial charge in [0.15, 0.2) is 0 Å². The van der Waals surface area contributed by atoms with Gasteiger partial charge in [-0.15, -0.1) is 0 Å². The lowest BCUT2D eigenvalue weighted by atomic mass is 10.1. The molecule has 46 heavy (non-hydrogen) atoms. The van der Waals surface area contributed by atoms with Crippen LogP contribution in [0.1, 0.15) is 117 Å². The van der Waals surface area contributed by atoms with Crippen LogP contribution in [-0.4, -0.2) is 19.2 Å². The van der Waals surface area contributed by atoms with Crippen molar-refractivity contribution in [2.45, 2.75) is 117 Å². The normalized spacial score (nSPS) is 11.1. The lowest BCUT2D eigenvalue weighted by molar-refractivity contribution is -0.129. The minimum Gasteiger partial charge on any atom is -0.494 e. The molecule has 0 N–H and O–H groups in total. The Morgan fingerprint density at radius 1 is 0.478 bits per heavy atom. The minimum atomic E-state index is -0.504. The Morgan fingerprint density at radius 2 is 0.848 bits per heavy atom. The van der Waals surface area contributed by atoms with E-state index in [0.29, 0.717) is 11.5 Å². The summed E-state index contributed by atoms with van der Waals surface area (Å²) in [4.78, 5) is 12.3. The zero-order chi connectivity index (χ0) is 32.5. The number of hydrogen-bond acceptors (Lipinski definition) is 5. The summed E-state index contributed by atoms with van der Waals surface area (Å²) in [6, 6.07) is 23.0. The minimum absolute atomic E-state index is 0.474. The molecule has 0 aliphatic heterocycles. The van der Waals surface area contributed by atoms with E-state index >= 15 is 0 Å². The second-order valence-corrected chi connectivity index (χ2v) is 12.0. The number of carbonyl (C=O) groups excluding carboxylic acids is 1. The van der Waals surface area contributed by atoms with Crippen molar-refractivity contribution >= 4 is 5.97 Å². The van der Waals surface area contributed by atoms with E-state index in [4.69, 9.17) is 18.9 Å². The molecule has 0 aromatic heterocycles. The molecule has 0 heterocycles. The maximum Gasteiger partial charge on any atom is 0.339 e. The summed E-state index contributed by atoms with van der Waals surface area (Å²) in [5.74, 6) is 2.31. The van der Waals surface area contributed by atoms with Crippen LogP contribution in [0.25, 0.3) is 11.1 Å². The number of benzene rings is 3. The highest BCUT2D eigenvalue weighted by Crippen LogP contribution is 2.25. The van der Waals surface area contributed by atoms with E-state index in [1.54, 1.807) is 12.1 Å². The molecule has 0 aliphatic carbocycles. The molecular weight excluding hydrogens is 572 g/mol. The van der Waals surface area contributed by atoms with Crippen LogP contribution in [0, 0.1) is 0 Å². The van der Waals surface area contributed by atoms with Gasteiger partial charge >= 0.3 is 5.97 Å². The Hall–Kier alpha value is -3.73. The van der Waals surface area contributed by atoms with Gasteiger partial charge in [-0.25, -0.2) is 4.79 Å². The van der Waals surface area contributed by atoms with Gasteiger partial charge in [0.2, 0.25) is 0 Å². The maximum atomic E-state index is 12.3. The fraction of sp³-hybridized carbons (Fsp3) is 0.488. The molecule has 0 unspecified atom stereocenters. The van der Waals surface area contributed by atoms with E-state index in [0.717, 1.165) is 48.7 Å². The van der Waals surface area contributed by atoms with Gasteiger partial charge in [-0.05, 0) is 72.5 Å². The van der Waals surface area contributed by atoms with E-state index in [1.807, 2.05) is 48.5 Å². The van der Waals surface area contributed by atoms with Crippen LogP contribution in [0.2, 0.25) is 0 Å². The summed E-state index contributed by atoms with van der Waals surface area (Å²) in [6.45, 7) is 5.99. The van der Waals surface area contributed by atoms with Crippen LogP contribution in [0.3, 0.4) is 0 Å². The van der Waals surface area contributed by atoms with Gasteiger partial charge in [-0.1, -0.05) is 128 Å². The summed E-state index contributed by atoms with van der Waals surface area (Å²) < 4.78 is 22.8. The quantitative estimate of drug-likeness (QED) is 0.0307. The lowest BCUT2D eigenvalue weighted by Gasteiger charge is -2.08. The molecule has 5 nitrogen and oxygen atoms in total. The monoisotopic (exact) mass is 628 g/mol. The van der Waals surface area contributed by atoms with Crippen molar-refractivity contribution < 1.29 is 23.7 Å². The van der Waals surface area contributed by atoms with Crippen LogP contribution in [0.5, 0.6) is 23.0 Å². The number of carbonyl (C=O) groups is 1. The molecule has 0 aliphatic rings. The highest BCUT2D eigenvalue weighted by molar-refractivity contribution is 5.84. The van der Waals surface area contributed by atoms with Crippen molar-refractivity contribution in [1.29, 1.82) is 0 Å². The standard InChI is InChI=1S/C41H56O5/c1-3-5-7-9-11-13-15-17-32-43-37-23-19-35(20-24-37)36-21-25-40(26-22-36)46-41(42)31-34-45-39-29-27-38(28-30-39)44-33-18-16-14-12-10-8-6-4-2/h19-31,34H,3-18,32-33H2,1-2H3/b34-31+. The number of hydrogen-bond donors (Lipinski definition) is 0. The summed E-state index contributed by atoms with van der Waals surface area (Å²) in [6.07, 6.45) is 23.2. The van der Waals surface area contributed by atoms with E-state index < -0.39 is 5.97 Å². The predicted octanol–water partition coefficient (Wildman–Crippen LogP) is 11.9. The average Bonchev–Trinajstić information content (AvgIpc) is 3.08. The Labute approximate surface area is 278 Å². The molecule has 0 saturated carbocycles. The number of unbranched alkanes of at least 4 members (excludes halogenated alkanes) is 14. The molecule has 250 valence electrons. The highest BCUT2D eigenvalue weighted by Gasteiger charge is 2.04. The van der Waals surface area contributed by atoms with Crippen LogP contribution in [0.15, 0.2) is 85.1 Å². The van der Waals surface area contributed by atoms with Crippen molar-refractivity contribution in [2.75, 3.05) is 13.2 Å². The summed E-state index contributed by atoms with van der Waals surface area (Å²) in [5.41, 5.74) is 2.12. The summed E-state index contributed by atoms with van der Waals surface area (Å²) in [5, 5.41) is 0. The SMILES string of the molecule is CCCCCCCCCCOc1ccc(O/C=C/C(=O)Oc2ccc(-c3ccc(OCCCCCCCCCC)cc3)cc2)cc1. The van der Waals surface area contributed by atoms with Crippen LogP contribution < -0.4 is 18.9 Å². The van der Waals surface area contributed by atoms with Crippen LogP contribution >= 0.6 is 0 Å². The Kier molecular flexibility index (Phi) is 18.8. The zero-order valence-corrected chi connectivity index (χ0v) is 28.4. The number of rotatable bonds is 25. The van der Waals surface area contributed by atoms with E-state index in [1.165, 1.54) is 102 Å². The van der Waals surface area contributed by atoms with E-state index in [2.05, 4.69) is 26.0 Å². The number of esters is 1. The van der Waals surface area contributed by atoms with Gasteiger partial charge in [0.1, 0.15) is 23.0 Å². The van der Waals surface area contributed by atoms with Crippen LogP contribution in [0.4, 0.5) is 0 Å². The van der Waals surface area contributed by atoms with Crippen molar-refractivity contribution in [1.82, 2.24) is 0 Å². The Morgan fingerprint density at radius 3 is 1.30 bits per heavy atom. The van der Waals surface area contributed by atoms with E-state index in [-0.39, 0.29) is 0 Å². The molecule has 0 fully saturated rings. The topological polar surface area (TPSA) is 54.0 Å². The summed E-state index contributed by atoms with van der Waals surface area (Å²) in [7, 11) is 0. The largest absolute Gasteiger partial charge is 0.494 e. The number of ether oxygens (including phenoxy) is 4. The molecule has 3 aromatic rings. The molecule has 0 saturated heterocycles. The van der Waals surface area contributed by atoms with Gasteiger partial charge < -0.3 is 18.9 Å². The van der Waals surface area contributed by atoms with Gasteiger partial charge in [-0.3, -0.25) is 0 Å². The molecule has 0 spiro atoms. The molecule has 5 heteroatoms. The molecular formula is C41H56O5. The fourth-order valence-corrected chi connectivity index (χ4v) is 5.24. The second-order valence-electron chi connectivity index (χ2n) is 12.0. The third kappa shape index (κ3) is 16.0. The molecule has 3 rings (SSSR count). The smallest absolute Gasteiger partial charge is 0.339 e. The zero-order valence-electron chi connectivity index (χ0n) is 28.4. The van der Waals surface area contributed by atoms with Crippen molar-refractivity contribution in [3.05, 3.63) is 85.1 Å². The van der Waals surface area contributed by atoms with Gasteiger partial charge in [0.25, 0.3) is 0 Å². The first-order chi connectivity index (χ1) is 22.7. The third-order valence-electron chi connectivity index (χ3n) is 8.03. The fourth-order valence-electron chi connectivity index (χ4n) is 5.24. The van der Waals surface area contributed by atoms with Crippen molar-refractivity contribution in [3.63, 3.8) is 0 Å². The third-order valence-corrected chi connectivity index (χ3v) is 8.03. The van der Waals surface area contributed by atoms with Crippen molar-refractivity contribution in [3.8, 4) is 34.1 Å². The van der Waals surface area contributed by atoms with Gasteiger partial charge in [0, 0.05) is 0 Å². The Balaban J connectivity index is 1.29. The van der Waals surface area contributed by atoms with E-state index in [9.17, 15) is 4.79 Å². The van der Waals surface area contributed by atoms with Gasteiger partial charge in [-0.2, -0.15) is 0 Å². The molecule has 0 radical (unpaired) electrons. The maximum absolute atomic E-state index is 12.3. The average molecular weight is 629 g/mol. The van der Waals surface area contributed by atoms with Crippen LogP contribution in [-0.2, 0) is 4.79 Å². The highest BCUT2D eigenvalue weighted by atomic mass is 16.5. The van der Waals surface area contributed by atoms with Crippen molar-refractivity contribution in [2.24, 2.45) is 0 Å². The predicted molar refractivity (Wildman–Crippen MR) is 190 cm³/mol. The summed E-state index contributed by atoms with van der Waals surface area (Å²) >= 11 is 0. The molecule has 0 bridgehead atoms. The van der Waals surface area contributed by atoms with Gasteiger partial charge in [0.05, 0.1) is 25.6 Å². The molecule has 0 amide bonds. The molecule has 3 aromatic carbocycles. The molecule has 0 atom stereocenters. The second kappa shape index (κ2) is 23.6. The first kappa shape index (κ1) is 36.7. The first-order valence-electron chi connectivity index (χ1n) is 17.8. The first-order valence-corrected chi connectivity index (χ1v) is 17.8.